The van der Waals surface area contributed by atoms with Crippen LogP contribution < -0.4 is 5.73 Å². The highest BCUT2D eigenvalue weighted by molar-refractivity contribution is 9.10. The number of anilines is 1. The minimum atomic E-state index is 0.886. The molecule has 0 spiro atoms. The van der Waals surface area contributed by atoms with Gasteiger partial charge in [0.25, 0.3) is 0 Å². The Hall–Kier alpha value is -0.540. The van der Waals surface area contributed by atoms with Crippen LogP contribution in [-0.4, -0.2) is 24.5 Å². The maximum atomic E-state index is 5.94. The first-order valence-corrected chi connectivity index (χ1v) is 6.23. The Morgan fingerprint density at radius 2 is 1.93 bits per heavy atom. The summed E-state index contributed by atoms with van der Waals surface area (Å²) < 4.78 is 1.12. The fourth-order valence-corrected chi connectivity index (χ4v) is 2.23. The molecule has 0 radical (unpaired) electrons. The Bertz CT molecular complexity index is 288. The molecule has 15 heavy (non-hydrogen) atoms. The van der Waals surface area contributed by atoms with Crippen LogP contribution in [0, 0.1) is 0 Å². The molecule has 2 N–H and O–H groups in total. The highest BCUT2D eigenvalue weighted by atomic mass is 79.9. The number of halogens is 1. The summed E-state index contributed by atoms with van der Waals surface area (Å²) in [6.07, 6.45) is 1.01. The van der Waals surface area contributed by atoms with Gasteiger partial charge in [-0.3, -0.25) is 0 Å². The van der Waals surface area contributed by atoms with E-state index in [4.69, 9.17) is 5.73 Å². The summed E-state index contributed by atoms with van der Waals surface area (Å²) in [6.45, 7) is 7.64. The number of nitrogens with zero attached hydrogens (tertiary/aromatic N) is 1. The van der Waals surface area contributed by atoms with Crippen molar-refractivity contribution in [3.63, 3.8) is 0 Å². The van der Waals surface area contributed by atoms with Crippen LogP contribution in [0.4, 0.5) is 5.69 Å². The van der Waals surface area contributed by atoms with Crippen molar-refractivity contribution in [3.8, 4) is 0 Å². The number of hydrogen-bond donors (Lipinski definition) is 1. The van der Waals surface area contributed by atoms with Crippen molar-refractivity contribution in [2.75, 3.05) is 25.4 Å². The number of nitrogens with two attached hydrogens (primary N) is 1. The molecular formula is C12H19BrN2. The highest BCUT2D eigenvalue weighted by Crippen LogP contribution is 2.23. The van der Waals surface area contributed by atoms with Gasteiger partial charge in [-0.1, -0.05) is 35.8 Å². The average molecular weight is 271 g/mol. The summed E-state index contributed by atoms with van der Waals surface area (Å²) in [5, 5.41) is 0. The Morgan fingerprint density at radius 3 is 2.47 bits per heavy atom. The number of benzene rings is 1. The number of nitrogen functional groups attached to an aromatic ring is 1. The normalized spacial score (nSPS) is 10.9. The molecule has 0 unspecified atom stereocenters. The molecular weight excluding hydrogens is 252 g/mol. The predicted molar refractivity (Wildman–Crippen MR) is 70.0 cm³/mol. The topological polar surface area (TPSA) is 29.3 Å². The lowest BCUT2D eigenvalue weighted by molar-refractivity contribution is 0.308. The minimum absolute atomic E-state index is 0.886. The summed E-state index contributed by atoms with van der Waals surface area (Å²) in [7, 11) is 0. The summed E-state index contributed by atoms with van der Waals surface area (Å²) >= 11 is 3.54. The van der Waals surface area contributed by atoms with E-state index in [0.29, 0.717) is 0 Å². The molecule has 3 heteroatoms. The van der Waals surface area contributed by atoms with Crippen LogP contribution in [0.3, 0.4) is 0 Å². The molecule has 0 amide bonds. The van der Waals surface area contributed by atoms with Crippen molar-refractivity contribution in [3.05, 3.63) is 28.2 Å². The Labute approximate surface area is 101 Å². The van der Waals surface area contributed by atoms with Crippen LogP contribution in [0.15, 0.2) is 22.7 Å². The monoisotopic (exact) mass is 270 g/mol. The van der Waals surface area contributed by atoms with E-state index in [9.17, 15) is 0 Å². The molecule has 2 nitrogen and oxygen atoms in total. The zero-order valence-electron chi connectivity index (χ0n) is 9.46. The first-order chi connectivity index (χ1) is 7.19. The third-order valence-corrected chi connectivity index (χ3v) is 3.47. The van der Waals surface area contributed by atoms with Crippen molar-refractivity contribution in [1.82, 2.24) is 4.90 Å². The second kappa shape index (κ2) is 6.13. The number of likely N-dealkylation sites (N-methyl/N-ethyl adjacent to an activating group) is 1. The van der Waals surface area contributed by atoms with E-state index in [1.807, 2.05) is 18.2 Å². The summed E-state index contributed by atoms with van der Waals surface area (Å²) in [6, 6.07) is 5.98. The molecule has 0 saturated carbocycles. The van der Waals surface area contributed by atoms with Crippen LogP contribution in [0.25, 0.3) is 0 Å². The van der Waals surface area contributed by atoms with Crippen LogP contribution in [0.2, 0.25) is 0 Å². The van der Waals surface area contributed by atoms with Gasteiger partial charge in [-0.25, -0.2) is 0 Å². The molecule has 0 aliphatic rings. The number of hydrogen-bond acceptors (Lipinski definition) is 2. The maximum Gasteiger partial charge on any atom is 0.0358 e. The molecule has 0 bridgehead atoms. The lowest BCUT2D eigenvalue weighted by Gasteiger charge is -2.18. The van der Waals surface area contributed by atoms with E-state index in [1.165, 1.54) is 5.56 Å². The maximum absolute atomic E-state index is 5.94. The van der Waals surface area contributed by atoms with Crippen LogP contribution >= 0.6 is 15.9 Å². The standard InChI is InChI=1S/C12H19BrN2/c1-3-15(4-2)9-8-10-11(13)6-5-7-12(10)14/h5-7H,3-4,8-9,14H2,1-2H3. The van der Waals surface area contributed by atoms with Gasteiger partial charge in [0.05, 0.1) is 0 Å². The SMILES string of the molecule is CCN(CC)CCc1c(N)cccc1Br. The van der Waals surface area contributed by atoms with E-state index in [2.05, 4.69) is 34.7 Å². The second-order valence-electron chi connectivity index (χ2n) is 3.58. The van der Waals surface area contributed by atoms with Crippen LogP contribution in [-0.2, 0) is 6.42 Å². The predicted octanol–water partition coefficient (Wildman–Crippen LogP) is 2.92. The van der Waals surface area contributed by atoms with E-state index in [-0.39, 0.29) is 0 Å². The molecule has 1 aromatic rings. The van der Waals surface area contributed by atoms with Gasteiger partial charge in [-0.15, -0.1) is 0 Å². The van der Waals surface area contributed by atoms with Gasteiger partial charge in [0.2, 0.25) is 0 Å². The van der Waals surface area contributed by atoms with Crippen molar-refractivity contribution in [2.24, 2.45) is 0 Å². The highest BCUT2D eigenvalue weighted by Gasteiger charge is 2.06. The summed E-state index contributed by atoms with van der Waals surface area (Å²) in [4.78, 5) is 2.40. The molecule has 1 aromatic carbocycles. The lowest BCUT2D eigenvalue weighted by atomic mass is 10.1. The van der Waals surface area contributed by atoms with E-state index < -0.39 is 0 Å². The van der Waals surface area contributed by atoms with Crippen molar-refractivity contribution >= 4 is 21.6 Å². The zero-order valence-corrected chi connectivity index (χ0v) is 11.0. The summed E-state index contributed by atoms with van der Waals surface area (Å²) in [5.74, 6) is 0. The first-order valence-electron chi connectivity index (χ1n) is 5.44. The molecule has 0 atom stereocenters. The molecule has 1 rings (SSSR count). The molecule has 0 aliphatic carbocycles. The fourth-order valence-electron chi connectivity index (χ4n) is 1.65. The van der Waals surface area contributed by atoms with E-state index in [0.717, 1.165) is 36.2 Å². The number of rotatable bonds is 5. The van der Waals surface area contributed by atoms with Gasteiger partial charge in [0.1, 0.15) is 0 Å². The zero-order chi connectivity index (χ0) is 11.3. The first kappa shape index (κ1) is 12.5. The average Bonchev–Trinajstić information content (AvgIpc) is 2.23. The quantitative estimate of drug-likeness (QED) is 0.834. The third-order valence-electron chi connectivity index (χ3n) is 2.73. The van der Waals surface area contributed by atoms with Gasteiger partial charge >= 0.3 is 0 Å². The van der Waals surface area contributed by atoms with E-state index in [1.54, 1.807) is 0 Å². The second-order valence-corrected chi connectivity index (χ2v) is 4.44. The summed E-state index contributed by atoms with van der Waals surface area (Å²) in [5.41, 5.74) is 8.05. The Kier molecular flexibility index (Phi) is 5.12. The van der Waals surface area contributed by atoms with Gasteiger partial charge in [-0.05, 0) is 37.2 Å². The minimum Gasteiger partial charge on any atom is -0.398 e. The third kappa shape index (κ3) is 3.50. The smallest absolute Gasteiger partial charge is 0.0358 e. The molecule has 0 aliphatic heterocycles. The van der Waals surface area contributed by atoms with Crippen molar-refractivity contribution in [2.45, 2.75) is 20.3 Å². The Balaban J connectivity index is 2.64. The molecule has 0 aromatic heterocycles. The Morgan fingerprint density at radius 1 is 1.27 bits per heavy atom. The van der Waals surface area contributed by atoms with Crippen molar-refractivity contribution < 1.29 is 0 Å². The van der Waals surface area contributed by atoms with Crippen LogP contribution in [0.5, 0.6) is 0 Å². The molecule has 0 fully saturated rings. The molecule has 0 saturated heterocycles. The van der Waals surface area contributed by atoms with Gasteiger partial charge in [-0.2, -0.15) is 0 Å². The molecule has 84 valence electrons. The van der Waals surface area contributed by atoms with Crippen LogP contribution in [0.1, 0.15) is 19.4 Å². The van der Waals surface area contributed by atoms with E-state index >= 15 is 0 Å². The van der Waals surface area contributed by atoms with Gasteiger partial charge in [0.15, 0.2) is 0 Å². The molecule has 0 heterocycles. The largest absolute Gasteiger partial charge is 0.398 e. The van der Waals surface area contributed by atoms with Gasteiger partial charge in [0, 0.05) is 16.7 Å². The van der Waals surface area contributed by atoms with Crippen molar-refractivity contribution in [1.29, 1.82) is 0 Å². The fraction of sp³-hybridized carbons (Fsp3) is 0.500. The lowest BCUT2D eigenvalue weighted by Crippen LogP contribution is -2.25. The van der Waals surface area contributed by atoms with Gasteiger partial charge < -0.3 is 10.6 Å².